The van der Waals surface area contributed by atoms with Crippen LogP contribution in [-0.4, -0.2) is 16.7 Å². The Morgan fingerprint density at radius 1 is 1.38 bits per heavy atom. The molecule has 0 atom stereocenters. The van der Waals surface area contributed by atoms with Gasteiger partial charge in [-0.05, 0) is 28.4 Å². The number of pyridine rings is 1. The van der Waals surface area contributed by atoms with Crippen molar-refractivity contribution in [2.75, 3.05) is 6.61 Å². The molecular weight excluding hydrogens is 270 g/mol. The third kappa shape index (κ3) is 4.49. The number of rotatable bonds is 7. The lowest BCUT2D eigenvalue weighted by Gasteiger charge is -2.08. The molecule has 0 saturated heterocycles. The second-order valence-corrected chi connectivity index (χ2v) is 4.60. The van der Waals surface area contributed by atoms with E-state index in [1.165, 1.54) is 19.3 Å². The van der Waals surface area contributed by atoms with Crippen LogP contribution in [0, 0.1) is 0 Å². The van der Waals surface area contributed by atoms with Crippen molar-refractivity contribution in [3.8, 4) is 5.88 Å². The van der Waals surface area contributed by atoms with Crippen molar-refractivity contribution in [2.24, 2.45) is 0 Å². The lowest BCUT2D eigenvalue weighted by atomic mass is 10.2. The maximum absolute atomic E-state index is 9.14. The second-order valence-electron chi connectivity index (χ2n) is 3.69. The molecule has 1 aromatic heterocycles. The number of hydrogen-bond acceptors (Lipinski definition) is 3. The number of hydrogen-bond donors (Lipinski definition) is 1. The van der Waals surface area contributed by atoms with Gasteiger partial charge in [0.2, 0.25) is 5.88 Å². The van der Waals surface area contributed by atoms with Gasteiger partial charge >= 0.3 is 0 Å². The van der Waals surface area contributed by atoms with E-state index in [1.807, 2.05) is 6.07 Å². The van der Waals surface area contributed by atoms with E-state index in [0.717, 1.165) is 16.5 Å². The Bertz CT molecular complexity index is 318. The van der Waals surface area contributed by atoms with Gasteiger partial charge in [-0.3, -0.25) is 0 Å². The standard InChI is InChI=1S/C12H18BrNO2/c1-2-3-4-5-6-16-12-10(9-15)7-11(13)8-14-12/h7-8,15H,2-6,9H2,1H3. The van der Waals surface area contributed by atoms with Crippen LogP contribution in [0.25, 0.3) is 0 Å². The molecule has 1 heterocycles. The Morgan fingerprint density at radius 3 is 2.88 bits per heavy atom. The van der Waals surface area contributed by atoms with E-state index >= 15 is 0 Å². The molecule has 1 N–H and O–H groups in total. The molecular formula is C12H18BrNO2. The third-order valence-electron chi connectivity index (χ3n) is 2.30. The number of aliphatic hydroxyl groups is 1. The van der Waals surface area contributed by atoms with E-state index in [9.17, 15) is 0 Å². The first-order valence-corrected chi connectivity index (χ1v) is 6.45. The van der Waals surface area contributed by atoms with E-state index in [-0.39, 0.29) is 6.61 Å². The van der Waals surface area contributed by atoms with E-state index in [4.69, 9.17) is 9.84 Å². The van der Waals surface area contributed by atoms with Gasteiger partial charge in [-0.2, -0.15) is 0 Å². The molecule has 0 unspecified atom stereocenters. The summed E-state index contributed by atoms with van der Waals surface area (Å²) in [5.41, 5.74) is 0.727. The van der Waals surface area contributed by atoms with E-state index in [1.54, 1.807) is 6.20 Å². The SMILES string of the molecule is CCCCCCOc1ncc(Br)cc1CO. The van der Waals surface area contributed by atoms with Crippen LogP contribution in [0.3, 0.4) is 0 Å². The molecule has 1 rings (SSSR count). The van der Waals surface area contributed by atoms with Crippen molar-refractivity contribution in [1.82, 2.24) is 4.98 Å². The summed E-state index contributed by atoms with van der Waals surface area (Å²) in [7, 11) is 0. The Morgan fingerprint density at radius 2 is 2.19 bits per heavy atom. The van der Waals surface area contributed by atoms with Crippen molar-refractivity contribution in [2.45, 2.75) is 39.2 Å². The zero-order valence-electron chi connectivity index (χ0n) is 9.58. The minimum atomic E-state index is -0.0449. The number of nitrogens with zero attached hydrogens (tertiary/aromatic N) is 1. The van der Waals surface area contributed by atoms with Gasteiger partial charge in [0, 0.05) is 16.2 Å². The molecule has 0 aliphatic rings. The van der Waals surface area contributed by atoms with Gasteiger partial charge in [0.1, 0.15) is 0 Å². The highest BCUT2D eigenvalue weighted by Crippen LogP contribution is 2.20. The summed E-state index contributed by atoms with van der Waals surface area (Å²) in [6.07, 6.45) is 6.36. The van der Waals surface area contributed by atoms with E-state index in [0.29, 0.717) is 12.5 Å². The van der Waals surface area contributed by atoms with Gasteiger partial charge in [0.15, 0.2) is 0 Å². The van der Waals surface area contributed by atoms with Crippen molar-refractivity contribution in [1.29, 1.82) is 0 Å². The molecule has 0 amide bonds. The minimum absolute atomic E-state index is 0.0449. The Labute approximate surface area is 105 Å². The average Bonchev–Trinajstić information content (AvgIpc) is 2.30. The summed E-state index contributed by atoms with van der Waals surface area (Å²) in [6, 6.07) is 1.83. The lowest BCUT2D eigenvalue weighted by molar-refractivity contribution is 0.254. The molecule has 16 heavy (non-hydrogen) atoms. The number of aromatic nitrogens is 1. The highest BCUT2D eigenvalue weighted by atomic mass is 79.9. The fourth-order valence-corrected chi connectivity index (χ4v) is 1.79. The van der Waals surface area contributed by atoms with Crippen molar-refractivity contribution >= 4 is 15.9 Å². The van der Waals surface area contributed by atoms with E-state index in [2.05, 4.69) is 27.8 Å². The highest BCUT2D eigenvalue weighted by molar-refractivity contribution is 9.10. The Balaban J connectivity index is 2.41. The minimum Gasteiger partial charge on any atom is -0.477 e. The quantitative estimate of drug-likeness (QED) is 0.783. The third-order valence-corrected chi connectivity index (χ3v) is 2.73. The fourth-order valence-electron chi connectivity index (χ4n) is 1.41. The maximum Gasteiger partial charge on any atom is 0.218 e. The molecule has 0 radical (unpaired) electrons. The summed E-state index contributed by atoms with van der Waals surface area (Å²) < 4.78 is 6.39. The van der Waals surface area contributed by atoms with Crippen LogP contribution in [0.4, 0.5) is 0 Å². The van der Waals surface area contributed by atoms with Crippen LogP contribution in [0.5, 0.6) is 5.88 Å². The van der Waals surface area contributed by atoms with E-state index < -0.39 is 0 Å². The number of halogens is 1. The first kappa shape index (κ1) is 13.5. The van der Waals surface area contributed by atoms with Gasteiger partial charge in [-0.15, -0.1) is 0 Å². The molecule has 0 aliphatic carbocycles. The molecule has 0 saturated carbocycles. The van der Waals surface area contributed by atoms with Gasteiger partial charge in [0.05, 0.1) is 13.2 Å². The summed E-state index contributed by atoms with van der Waals surface area (Å²) >= 11 is 3.31. The predicted molar refractivity (Wildman–Crippen MR) is 67.5 cm³/mol. The lowest BCUT2D eigenvalue weighted by Crippen LogP contribution is -2.02. The van der Waals surface area contributed by atoms with Crippen LogP contribution in [0.1, 0.15) is 38.2 Å². The van der Waals surface area contributed by atoms with Crippen LogP contribution in [-0.2, 0) is 6.61 Å². The molecule has 0 aliphatic heterocycles. The molecule has 0 fully saturated rings. The van der Waals surface area contributed by atoms with Crippen LogP contribution in [0.2, 0.25) is 0 Å². The Hall–Kier alpha value is -0.610. The van der Waals surface area contributed by atoms with Crippen LogP contribution >= 0.6 is 15.9 Å². The summed E-state index contributed by atoms with van der Waals surface area (Å²) in [5.74, 6) is 0.544. The Kier molecular flexibility index (Phi) is 6.42. The molecule has 1 aromatic rings. The zero-order valence-corrected chi connectivity index (χ0v) is 11.2. The predicted octanol–water partition coefficient (Wildman–Crippen LogP) is 3.30. The molecule has 3 nitrogen and oxygen atoms in total. The van der Waals surface area contributed by atoms with Gasteiger partial charge in [-0.25, -0.2) is 4.98 Å². The number of unbranched alkanes of at least 4 members (excludes halogenated alkanes) is 3. The summed E-state index contributed by atoms with van der Waals surface area (Å²) in [4.78, 5) is 4.14. The number of aliphatic hydroxyl groups excluding tert-OH is 1. The zero-order chi connectivity index (χ0) is 11.8. The average molecular weight is 288 g/mol. The molecule has 0 bridgehead atoms. The van der Waals surface area contributed by atoms with Gasteiger partial charge in [-0.1, -0.05) is 26.2 Å². The molecule has 4 heteroatoms. The fraction of sp³-hybridized carbons (Fsp3) is 0.583. The van der Waals surface area contributed by atoms with Gasteiger partial charge in [0.25, 0.3) is 0 Å². The second kappa shape index (κ2) is 7.63. The highest BCUT2D eigenvalue weighted by Gasteiger charge is 2.04. The maximum atomic E-state index is 9.14. The molecule has 0 aromatic carbocycles. The van der Waals surface area contributed by atoms with Crippen LogP contribution < -0.4 is 4.74 Å². The smallest absolute Gasteiger partial charge is 0.218 e. The summed E-state index contributed by atoms with van der Waals surface area (Å²) in [5, 5.41) is 9.14. The largest absolute Gasteiger partial charge is 0.477 e. The van der Waals surface area contributed by atoms with Crippen molar-refractivity contribution < 1.29 is 9.84 Å². The van der Waals surface area contributed by atoms with Gasteiger partial charge < -0.3 is 9.84 Å². The summed E-state index contributed by atoms with van der Waals surface area (Å²) in [6.45, 7) is 2.80. The normalized spacial score (nSPS) is 10.4. The first-order valence-electron chi connectivity index (χ1n) is 5.66. The number of ether oxygens (including phenoxy) is 1. The van der Waals surface area contributed by atoms with Crippen molar-refractivity contribution in [3.05, 3.63) is 22.3 Å². The van der Waals surface area contributed by atoms with Crippen LogP contribution in [0.15, 0.2) is 16.7 Å². The topological polar surface area (TPSA) is 42.4 Å². The first-order chi connectivity index (χ1) is 7.77. The molecule has 90 valence electrons. The molecule has 0 spiro atoms. The van der Waals surface area contributed by atoms with Crippen molar-refractivity contribution in [3.63, 3.8) is 0 Å². The monoisotopic (exact) mass is 287 g/mol.